The number of para-hydroxylation sites is 1. The number of Topliss-reactive ketones (excluding diaryl/α,β-unsaturated/α-hetero) is 1. The predicted octanol–water partition coefficient (Wildman–Crippen LogP) is 3.98. The summed E-state index contributed by atoms with van der Waals surface area (Å²) in [5.74, 6) is -0.917. The maximum Gasteiger partial charge on any atom is 0.294 e. The van der Waals surface area contributed by atoms with Crippen LogP contribution in [0.1, 0.15) is 22.0 Å². The first-order chi connectivity index (χ1) is 13.6. The summed E-state index contributed by atoms with van der Waals surface area (Å²) in [6, 6.07) is 20.0. The van der Waals surface area contributed by atoms with Crippen LogP contribution in [0, 0.1) is 11.3 Å². The van der Waals surface area contributed by atoms with Crippen molar-refractivity contribution in [3.05, 3.63) is 95.0 Å². The zero-order valence-corrected chi connectivity index (χ0v) is 15.0. The molecule has 0 radical (unpaired) electrons. The minimum atomic E-state index is -0.839. The molecule has 0 amide bonds. The Bertz CT molecular complexity index is 1130. The highest BCUT2D eigenvalue weighted by Crippen LogP contribution is 2.42. The van der Waals surface area contributed by atoms with E-state index in [1.165, 1.54) is 7.11 Å². The highest BCUT2D eigenvalue weighted by atomic mass is 16.7. The Morgan fingerprint density at radius 3 is 2.54 bits per heavy atom. The molecule has 6 nitrogen and oxygen atoms in total. The molecule has 1 unspecified atom stereocenters. The second-order valence-electron chi connectivity index (χ2n) is 6.21. The lowest BCUT2D eigenvalue weighted by Gasteiger charge is -2.25. The average molecular weight is 372 g/mol. The highest BCUT2D eigenvalue weighted by Gasteiger charge is 2.40. The zero-order valence-electron chi connectivity index (χ0n) is 15.0. The van der Waals surface area contributed by atoms with Gasteiger partial charge in [-0.25, -0.2) is 0 Å². The number of ketones is 1. The SMILES string of the molecule is COC1=C(C(=O)c2ccccc2)C(c2cc3ccccc3o2)C(C#N)=C(N)O1. The van der Waals surface area contributed by atoms with Gasteiger partial charge in [-0.3, -0.25) is 4.79 Å². The molecule has 0 saturated carbocycles. The van der Waals surface area contributed by atoms with E-state index in [0.717, 1.165) is 5.39 Å². The van der Waals surface area contributed by atoms with Crippen molar-refractivity contribution in [2.75, 3.05) is 7.11 Å². The molecule has 3 aromatic rings. The standard InChI is InChI=1S/C22H16N2O4/c1-26-22-19(20(25)13-7-3-2-4-8-13)18(15(12-23)21(24)28-22)17-11-14-9-5-6-10-16(14)27-17/h2-11,18H,24H2,1H3. The molecule has 6 heteroatoms. The van der Waals surface area contributed by atoms with Gasteiger partial charge in [0.05, 0.1) is 18.6 Å². The van der Waals surface area contributed by atoms with E-state index >= 15 is 0 Å². The third kappa shape index (κ3) is 2.79. The average Bonchev–Trinajstić information content (AvgIpc) is 3.17. The monoisotopic (exact) mass is 372 g/mol. The van der Waals surface area contributed by atoms with Crippen LogP contribution in [-0.4, -0.2) is 12.9 Å². The number of nitriles is 1. The summed E-state index contributed by atoms with van der Waals surface area (Å²) in [5.41, 5.74) is 7.29. The fourth-order valence-corrected chi connectivity index (χ4v) is 3.28. The van der Waals surface area contributed by atoms with Crippen LogP contribution in [0.4, 0.5) is 0 Å². The molecule has 0 saturated heterocycles. The van der Waals surface area contributed by atoms with Gasteiger partial charge in [0.2, 0.25) is 5.88 Å². The topological polar surface area (TPSA) is 98.5 Å². The van der Waals surface area contributed by atoms with Crippen LogP contribution in [0.15, 0.2) is 88.1 Å². The number of methoxy groups -OCH3 is 1. The number of furan rings is 1. The molecule has 28 heavy (non-hydrogen) atoms. The fraction of sp³-hybridized carbons (Fsp3) is 0.0909. The van der Waals surface area contributed by atoms with Crippen molar-refractivity contribution in [1.82, 2.24) is 0 Å². The van der Waals surface area contributed by atoms with Crippen LogP contribution in [0.2, 0.25) is 0 Å². The van der Waals surface area contributed by atoms with E-state index < -0.39 is 5.92 Å². The third-order valence-corrected chi connectivity index (χ3v) is 4.58. The first kappa shape index (κ1) is 17.4. The Kier molecular flexibility index (Phi) is 4.34. The molecule has 2 aromatic carbocycles. The summed E-state index contributed by atoms with van der Waals surface area (Å²) in [5, 5.41) is 10.6. The molecule has 138 valence electrons. The number of fused-ring (bicyclic) bond motifs is 1. The Labute approximate surface area is 161 Å². The molecule has 1 aromatic heterocycles. The van der Waals surface area contributed by atoms with Crippen molar-refractivity contribution in [2.24, 2.45) is 5.73 Å². The fourth-order valence-electron chi connectivity index (χ4n) is 3.28. The lowest BCUT2D eigenvalue weighted by Crippen LogP contribution is -2.25. The lowest BCUT2D eigenvalue weighted by atomic mass is 9.84. The van der Waals surface area contributed by atoms with Gasteiger partial charge in [0.15, 0.2) is 5.78 Å². The lowest BCUT2D eigenvalue weighted by molar-refractivity contribution is 0.0798. The van der Waals surface area contributed by atoms with Gasteiger partial charge in [0.1, 0.15) is 23.0 Å². The van der Waals surface area contributed by atoms with Gasteiger partial charge in [-0.2, -0.15) is 5.26 Å². The zero-order chi connectivity index (χ0) is 19.7. The largest absolute Gasteiger partial charge is 0.468 e. The van der Waals surface area contributed by atoms with Crippen LogP contribution in [0.25, 0.3) is 11.0 Å². The number of hydrogen-bond acceptors (Lipinski definition) is 6. The number of hydrogen-bond donors (Lipinski definition) is 1. The summed E-state index contributed by atoms with van der Waals surface area (Å²) in [4.78, 5) is 13.3. The first-order valence-corrected chi connectivity index (χ1v) is 8.58. The first-order valence-electron chi connectivity index (χ1n) is 8.58. The third-order valence-electron chi connectivity index (χ3n) is 4.58. The van der Waals surface area contributed by atoms with Crippen LogP contribution < -0.4 is 5.73 Å². The smallest absolute Gasteiger partial charge is 0.294 e. The molecule has 0 aliphatic carbocycles. The van der Waals surface area contributed by atoms with Crippen molar-refractivity contribution in [1.29, 1.82) is 5.26 Å². The molecular formula is C22H16N2O4. The molecule has 0 fully saturated rings. The minimum absolute atomic E-state index is 0.0455. The van der Waals surface area contributed by atoms with Crippen LogP contribution >= 0.6 is 0 Å². The Morgan fingerprint density at radius 2 is 1.86 bits per heavy atom. The van der Waals surface area contributed by atoms with Crippen molar-refractivity contribution >= 4 is 16.8 Å². The van der Waals surface area contributed by atoms with Gasteiger partial charge in [0, 0.05) is 10.9 Å². The van der Waals surface area contributed by atoms with Crippen molar-refractivity contribution in [2.45, 2.75) is 5.92 Å². The van der Waals surface area contributed by atoms with Gasteiger partial charge in [-0.05, 0) is 12.1 Å². The van der Waals surface area contributed by atoms with Crippen molar-refractivity contribution in [3.63, 3.8) is 0 Å². The second-order valence-corrected chi connectivity index (χ2v) is 6.21. The van der Waals surface area contributed by atoms with E-state index in [9.17, 15) is 10.1 Å². The number of benzene rings is 2. The van der Waals surface area contributed by atoms with Gasteiger partial charge in [-0.1, -0.05) is 48.5 Å². The van der Waals surface area contributed by atoms with Crippen LogP contribution in [0.5, 0.6) is 0 Å². The molecular weight excluding hydrogens is 356 g/mol. The number of nitrogens with zero attached hydrogens (tertiary/aromatic N) is 1. The van der Waals surface area contributed by atoms with Gasteiger partial charge in [0.25, 0.3) is 5.95 Å². The van der Waals surface area contributed by atoms with Crippen molar-refractivity contribution < 1.29 is 18.7 Å². The van der Waals surface area contributed by atoms with Crippen LogP contribution in [-0.2, 0) is 9.47 Å². The Morgan fingerprint density at radius 1 is 1.14 bits per heavy atom. The Hall–Kier alpha value is -3.98. The van der Waals surface area contributed by atoms with Gasteiger partial charge in [-0.15, -0.1) is 0 Å². The molecule has 0 bridgehead atoms. The summed E-state index contributed by atoms with van der Waals surface area (Å²) in [6.45, 7) is 0. The van der Waals surface area contributed by atoms with E-state index in [1.54, 1.807) is 30.3 Å². The number of carbonyl (C=O) groups excluding carboxylic acids is 1. The van der Waals surface area contributed by atoms with Gasteiger partial charge >= 0.3 is 0 Å². The molecule has 1 atom stereocenters. The second kappa shape index (κ2) is 6.97. The number of nitrogens with two attached hydrogens (primary N) is 1. The molecule has 1 aliphatic heterocycles. The number of allylic oxidation sites excluding steroid dienone is 2. The summed E-state index contributed by atoms with van der Waals surface area (Å²) in [6.07, 6.45) is 0. The Balaban J connectivity index is 1.93. The van der Waals surface area contributed by atoms with E-state index in [0.29, 0.717) is 16.9 Å². The van der Waals surface area contributed by atoms with E-state index in [1.807, 2.05) is 30.3 Å². The summed E-state index contributed by atoms with van der Waals surface area (Å²) in [7, 11) is 1.38. The normalized spacial score (nSPS) is 16.6. The van der Waals surface area contributed by atoms with E-state index in [2.05, 4.69) is 6.07 Å². The molecule has 2 heterocycles. The summed E-state index contributed by atoms with van der Waals surface area (Å²) >= 11 is 0. The molecule has 4 rings (SSSR count). The number of ether oxygens (including phenoxy) is 2. The minimum Gasteiger partial charge on any atom is -0.468 e. The molecule has 2 N–H and O–H groups in total. The number of rotatable bonds is 4. The van der Waals surface area contributed by atoms with Crippen LogP contribution in [0.3, 0.4) is 0 Å². The predicted molar refractivity (Wildman–Crippen MR) is 102 cm³/mol. The summed E-state index contributed by atoms with van der Waals surface area (Å²) < 4.78 is 16.7. The highest BCUT2D eigenvalue weighted by molar-refractivity contribution is 6.10. The maximum atomic E-state index is 13.3. The quantitative estimate of drug-likeness (QED) is 0.696. The molecule has 0 spiro atoms. The van der Waals surface area contributed by atoms with E-state index in [4.69, 9.17) is 19.6 Å². The van der Waals surface area contributed by atoms with E-state index in [-0.39, 0.29) is 28.8 Å². The van der Waals surface area contributed by atoms with Gasteiger partial charge < -0.3 is 19.6 Å². The number of carbonyl (C=O) groups is 1. The maximum absolute atomic E-state index is 13.3. The molecule has 1 aliphatic rings. The van der Waals surface area contributed by atoms with Crippen molar-refractivity contribution in [3.8, 4) is 6.07 Å².